The van der Waals surface area contributed by atoms with Gasteiger partial charge in [0.1, 0.15) is 5.82 Å². The predicted molar refractivity (Wildman–Crippen MR) is 135 cm³/mol. The Morgan fingerprint density at radius 1 is 1.00 bits per heavy atom. The molecule has 3 aromatic rings. The number of aromatic amines is 1. The van der Waals surface area contributed by atoms with Crippen molar-refractivity contribution in [2.45, 2.75) is 24.7 Å². The van der Waals surface area contributed by atoms with Crippen LogP contribution >= 0.6 is 11.8 Å². The molecule has 0 aliphatic carbocycles. The smallest absolute Gasteiger partial charge is 0.256 e. The first-order valence-electron chi connectivity index (χ1n) is 11.9. The lowest BCUT2D eigenvalue weighted by Crippen LogP contribution is -2.49. The number of aromatic nitrogens is 2. The van der Waals surface area contributed by atoms with Crippen LogP contribution in [0.3, 0.4) is 0 Å². The lowest BCUT2D eigenvalue weighted by atomic mass is 10.1. The average Bonchev–Trinajstić information content (AvgIpc) is 2.89. The lowest BCUT2D eigenvalue weighted by molar-refractivity contribution is -0.128. The first-order chi connectivity index (χ1) is 17.1. The maximum absolute atomic E-state index is 14.0. The summed E-state index contributed by atoms with van der Waals surface area (Å²) in [5, 5.41) is 0.489. The Labute approximate surface area is 208 Å². The Morgan fingerprint density at radius 2 is 1.74 bits per heavy atom. The van der Waals surface area contributed by atoms with Crippen LogP contribution in [0.15, 0.2) is 64.5 Å². The van der Waals surface area contributed by atoms with Crippen molar-refractivity contribution in [3.63, 3.8) is 0 Å². The molecule has 0 spiro atoms. The van der Waals surface area contributed by atoms with E-state index in [0.717, 1.165) is 18.8 Å². The van der Waals surface area contributed by atoms with E-state index in [0.29, 0.717) is 55.6 Å². The molecule has 1 fully saturated rings. The van der Waals surface area contributed by atoms with Gasteiger partial charge in [-0.3, -0.25) is 14.5 Å². The largest absolute Gasteiger partial charge is 0.366 e. The SMILES string of the molecule is O=C(CSc1nc2c(c(=O)[nH]1)CN(Cc1ccccc1)CC2)N1CCN(c2ccccc2F)CC1. The summed E-state index contributed by atoms with van der Waals surface area (Å²) in [6.45, 7) is 4.47. The first kappa shape index (κ1) is 23.6. The zero-order valence-corrected chi connectivity index (χ0v) is 20.3. The zero-order valence-electron chi connectivity index (χ0n) is 19.5. The van der Waals surface area contributed by atoms with E-state index >= 15 is 0 Å². The number of fused-ring (bicyclic) bond motifs is 1. The number of para-hydroxylation sites is 1. The third-order valence-electron chi connectivity index (χ3n) is 6.53. The second kappa shape index (κ2) is 10.6. The number of benzene rings is 2. The number of anilines is 1. The number of rotatable bonds is 6. The Kier molecular flexibility index (Phi) is 7.15. The average molecular weight is 494 g/mol. The van der Waals surface area contributed by atoms with Crippen molar-refractivity contribution < 1.29 is 9.18 Å². The molecule has 1 amide bonds. The molecule has 35 heavy (non-hydrogen) atoms. The maximum Gasteiger partial charge on any atom is 0.256 e. The Bertz CT molecular complexity index is 1240. The van der Waals surface area contributed by atoms with Crippen LogP contribution in [-0.4, -0.2) is 64.2 Å². The second-order valence-electron chi connectivity index (χ2n) is 8.85. The van der Waals surface area contributed by atoms with Crippen LogP contribution in [0.25, 0.3) is 0 Å². The van der Waals surface area contributed by atoms with E-state index < -0.39 is 0 Å². The molecule has 1 aromatic heterocycles. The standard InChI is InChI=1S/C26H28FN5O2S/c27-21-8-4-5-9-23(21)31-12-14-32(15-13-31)24(33)18-35-26-28-22-10-11-30(17-20(22)25(34)29-26)16-19-6-2-1-3-7-19/h1-9H,10-18H2,(H,28,29,34). The van der Waals surface area contributed by atoms with Gasteiger partial charge >= 0.3 is 0 Å². The number of carbonyl (C=O) groups excluding carboxylic acids is 1. The number of amides is 1. The van der Waals surface area contributed by atoms with Crippen molar-refractivity contribution in [3.8, 4) is 0 Å². The molecule has 5 rings (SSSR count). The molecule has 2 aromatic carbocycles. The fraction of sp³-hybridized carbons (Fsp3) is 0.346. The predicted octanol–water partition coefficient (Wildman–Crippen LogP) is 2.91. The van der Waals surface area contributed by atoms with Crippen LogP contribution in [0.1, 0.15) is 16.8 Å². The van der Waals surface area contributed by atoms with E-state index in [9.17, 15) is 14.0 Å². The molecule has 0 bridgehead atoms. The summed E-state index contributed by atoms with van der Waals surface area (Å²) in [6, 6.07) is 16.9. The normalized spacial score (nSPS) is 16.3. The molecule has 2 aliphatic heterocycles. The van der Waals surface area contributed by atoms with Crippen LogP contribution in [0.2, 0.25) is 0 Å². The monoisotopic (exact) mass is 493 g/mol. The topological polar surface area (TPSA) is 72.5 Å². The number of nitrogens with one attached hydrogen (secondary N) is 1. The molecule has 1 N–H and O–H groups in total. The van der Waals surface area contributed by atoms with E-state index in [2.05, 4.69) is 27.0 Å². The second-order valence-corrected chi connectivity index (χ2v) is 9.81. The highest BCUT2D eigenvalue weighted by Crippen LogP contribution is 2.22. The van der Waals surface area contributed by atoms with E-state index in [1.54, 1.807) is 17.0 Å². The molecule has 1 saturated heterocycles. The Balaban J connectivity index is 1.15. The number of H-pyrrole nitrogens is 1. The molecular formula is C26H28FN5O2S. The van der Waals surface area contributed by atoms with Gasteiger partial charge in [-0.2, -0.15) is 0 Å². The van der Waals surface area contributed by atoms with Gasteiger partial charge in [0.2, 0.25) is 5.91 Å². The number of hydrogen-bond donors (Lipinski definition) is 1. The first-order valence-corrected chi connectivity index (χ1v) is 12.8. The fourth-order valence-corrected chi connectivity index (χ4v) is 5.41. The molecular weight excluding hydrogens is 465 g/mol. The van der Waals surface area contributed by atoms with Gasteiger partial charge in [0.25, 0.3) is 5.56 Å². The molecule has 2 aliphatic rings. The number of nitrogens with zero attached hydrogens (tertiary/aromatic N) is 4. The van der Waals surface area contributed by atoms with Crippen molar-refractivity contribution in [1.29, 1.82) is 0 Å². The third kappa shape index (κ3) is 5.57. The third-order valence-corrected chi connectivity index (χ3v) is 7.39. The van der Waals surface area contributed by atoms with E-state index in [1.165, 1.54) is 23.4 Å². The molecule has 182 valence electrons. The van der Waals surface area contributed by atoms with Gasteiger partial charge in [-0.05, 0) is 17.7 Å². The molecule has 0 saturated carbocycles. The molecule has 0 radical (unpaired) electrons. The van der Waals surface area contributed by atoms with Crippen LogP contribution in [0.5, 0.6) is 0 Å². The van der Waals surface area contributed by atoms with Crippen molar-refractivity contribution in [2.75, 3.05) is 43.4 Å². The highest BCUT2D eigenvalue weighted by Gasteiger charge is 2.24. The minimum atomic E-state index is -0.242. The van der Waals surface area contributed by atoms with Crippen molar-refractivity contribution >= 4 is 23.4 Å². The maximum atomic E-state index is 14.0. The van der Waals surface area contributed by atoms with Gasteiger partial charge in [0.05, 0.1) is 22.7 Å². The number of thioether (sulfide) groups is 1. The Hall–Kier alpha value is -3.17. The van der Waals surface area contributed by atoms with Gasteiger partial charge in [-0.1, -0.05) is 54.2 Å². The number of hydrogen-bond acceptors (Lipinski definition) is 6. The fourth-order valence-electron chi connectivity index (χ4n) is 4.63. The highest BCUT2D eigenvalue weighted by molar-refractivity contribution is 7.99. The van der Waals surface area contributed by atoms with Crippen LogP contribution < -0.4 is 10.5 Å². The molecule has 7 nitrogen and oxygen atoms in total. The van der Waals surface area contributed by atoms with Crippen molar-refractivity contribution in [1.82, 2.24) is 19.8 Å². The van der Waals surface area contributed by atoms with Gasteiger partial charge in [0, 0.05) is 52.2 Å². The molecule has 3 heterocycles. The quantitative estimate of drug-likeness (QED) is 0.421. The summed E-state index contributed by atoms with van der Waals surface area (Å²) in [6.07, 6.45) is 0.714. The summed E-state index contributed by atoms with van der Waals surface area (Å²) in [7, 11) is 0. The van der Waals surface area contributed by atoms with E-state index in [1.807, 2.05) is 29.2 Å². The summed E-state index contributed by atoms with van der Waals surface area (Å²) < 4.78 is 14.0. The van der Waals surface area contributed by atoms with E-state index in [-0.39, 0.29) is 23.0 Å². The van der Waals surface area contributed by atoms with Gasteiger partial charge in [-0.25, -0.2) is 9.37 Å². The minimum absolute atomic E-state index is 0.00223. The highest BCUT2D eigenvalue weighted by atomic mass is 32.2. The van der Waals surface area contributed by atoms with Gasteiger partial charge in [-0.15, -0.1) is 0 Å². The van der Waals surface area contributed by atoms with Gasteiger partial charge < -0.3 is 14.8 Å². The summed E-state index contributed by atoms with van der Waals surface area (Å²) in [4.78, 5) is 39.1. The minimum Gasteiger partial charge on any atom is -0.366 e. The van der Waals surface area contributed by atoms with Crippen LogP contribution in [0, 0.1) is 5.82 Å². The summed E-state index contributed by atoms with van der Waals surface area (Å²) >= 11 is 1.27. The summed E-state index contributed by atoms with van der Waals surface area (Å²) in [5.41, 5.74) is 3.22. The Morgan fingerprint density at radius 3 is 2.51 bits per heavy atom. The molecule has 9 heteroatoms. The van der Waals surface area contributed by atoms with Crippen molar-refractivity contribution in [2.24, 2.45) is 0 Å². The van der Waals surface area contributed by atoms with Gasteiger partial charge in [0.15, 0.2) is 5.16 Å². The van der Waals surface area contributed by atoms with Crippen LogP contribution in [0.4, 0.5) is 10.1 Å². The number of piperazine rings is 1. The van der Waals surface area contributed by atoms with Crippen molar-refractivity contribution in [3.05, 3.63) is 87.6 Å². The molecule has 0 unspecified atom stereocenters. The van der Waals surface area contributed by atoms with E-state index in [4.69, 9.17) is 0 Å². The number of carbonyl (C=O) groups is 1. The summed E-state index contributed by atoms with van der Waals surface area (Å²) in [5.74, 6) is -0.0345. The molecule has 0 atom stereocenters. The number of halogens is 1. The lowest BCUT2D eigenvalue weighted by Gasteiger charge is -2.36. The zero-order chi connectivity index (χ0) is 24.2. The van der Waals surface area contributed by atoms with Crippen LogP contribution in [-0.2, 0) is 24.3 Å².